The fraction of sp³-hybridized carbons (Fsp3) is 0.509. The number of carbonyl (C=O) groups excluding carboxylic acids is 9. The van der Waals surface area contributed by atoms with Crippen LogP contribution in [0, 0.1) is 5.92 Å². The molecule has 1 aliphatic rings. The predicted molar refractivity (Wildman–Crippen MR) is 300 cm³/mol. The summed E-state index contributed by atoms with van der Waals surface area (Å²) in [6.07, 6.45) is 4.88. The van der Waals surface area contributed by atoms with Crippen LogP contribution >= 0.6 is 11.8 Å². The first kappa shape index (κ1) is 65.2. The van der Waals surface area contributed by atoms with Gasteiger partial charge in [-0.05, 0) is 93.2 Å². The summed E-state index contributed by atoms with van der Waals surface area (Å²) < 4.78 is 0. The number of imidazole rings is 1. The number of nitrogens with two attached hydrogens (primary N) is 3. The smallest absolute Gasteiger partial charge is 0.326 e. The number of hydrogen-bond donors (Lipinski definition) is 15. The van der Waals surface area contributed by atoms with Gasteiger partial charge < -0.3 is 80.2 Å². The number of benzene rings is 2. The van der Waals surface area contributed by atoms with Crippen LogP contribution in [0.1, 0.15) is 82.5 Å². The lowest BCUT2D eigenvalue weighted by Crippen LogP contribution is -2.61. The van der Waals surface area contributed by atoms with Crippen LogP contribution in [-0.4, -0.2) is 165 Å². The molecule has 0 radical (unpaired) electrons. The number of nitrogens with zero attached hydrogens (tertiary/aromatic N) is 2. The number of aliphatic carboxylic acids is 1. The summed E-state index contributed by atoms with van der Waals surface area (Å²) >= 11 is 1.38. The van der Waals surface area contributed by atoms with Crippen molar-refractivity contribution >= 4 is 76.9 Å². The third-order valence-electron chi connectivity index (χ3n) is 13.0. The van der Waals surface area contributed by atoms with Crippen molar-refractivity contribution in [3.05, 3.63) is 83.9 Å². The van der Waals surface area contributed by atoms with Crippen LogP contribution in [0.2, 0.25) is 0 Å². The molecule has 0 aliphatic carbocycles. The molecule has 0 bridgehead atoms. The molecule has 0 unspecified atom stereocenters. The van der Waals surface area contributed by atoms with Gasteiger partial charge in [0.2, 0.25) is 53.2 Å². The number of aliphatic imine (C=N–C) groups is 1. The number of carboxylic acids is 1. The van der Waals surface area contributed by atoms with E-state index in [4.69, 9.17) is 17.2 Å². The third kappa shape index (κ3) is 22.8. The van der Waals surface area contributed by atoms with E-state index >= 15 is 0 Å². The van der Waals surface area contributed by atoms with Crippen LogP contribution in [0.15, 0.2) is 72.1 Å². The highest BCUT2D eigenvalue weighted by molar-refractivity contribution is 7.98. The number of aromatic nitrogens is 2. The standard InChI is InChI=1S/C53H77N15O12S/c1-29(2)43(51(78)61-30(3)44(71)67-41(52(79)80)26-33-27-57-28-60-33)68-50(77)40(24-31-10-6-5-7-11-31)66-47(74)37(18-19-42(54)70)63-46(73)36(13-9-22-59-53(55)56)62-48(75)38(20-23-81-4)64-49(76)39(25-32-14-16-34(69)17-15-32)65-45(72)35-12-8-21-58-35/h5-7,10-11,14-17,27-30,35-41,43,58,69H,8-9,12-13,18-26H2,1-4H3,(H2,54,70)(H,57,60)(H,61,78)(H,62,75)(H,63,73)(H,64,76)(H,65,72)(H,66,74)(H,67,71)(H,68,77)(H,79,80)(H4,55,56,59)/t30-,35-,36-,37-,38-,39-,40-,41-,43-/m0/s1. The zero-order valence-electron chi connectivity index (χ0n) is 45.8. The minimum atomic E-state index is -1.56. The molecule has 81 heavy (non-hydrogen) atoms. The summed E-state index contributed by atoms with van der Waals surface area (Å²) in [6.45, 7) is 5.21. The highest BCUT2D eigenvalue weighted by atomic mass is 32.2. The van der Waals surface area contributed by atoms with Crippen molar-refractivity contribution in [3.63, 3.8) is 0 Å². The fourth-order valence-corrected chi connectivity index (χ4v) is 8.98. The second-order valence-electron chi connectivity index (χ2n) is 19.9. The average Bonchev–Trinajstić information content (AvgIpc) is 4.17. The van der Waals surface area contributed by atoms with E-state index in [0.29, 0.717) is 35.5 Å². The number of carboxylic acid groups (broad SMARTS) is 1. The molecule has 0 saturated carbocycles. The monoisotopic (exact) mass is 1150 g/mol. The second-order valence-corrected chi connectivity index (χ2v) is 20.9. The summed E-state index contributed by atoms with van der Waals surface area (Å²) in [4.78, 5) is 147. The number of thioether (sulfide) groups is 1. The maximum Gasteiger partial charge on any atom is 0.326 e. The highest BCUT2D eigenvalue weighted by Crippen LogP contribution is 2.15. The van der Waals surface area contributed by atoms with Gasteiger partial charge in [-0.3, -0.25) is 48.1 Å². The highest BCUT2D eigenvalue weighted by Gasteiger charge is 2.36. The fourth-order valence-electron chi connectivity index (χ4n) is 8.51. The Hall–Kier alpha value is -8.27. The Morgan fingerprint density at radius 1 is 0.667 bits per heavy atom. The maximum atomic E-state index is 14.5. The molecule has 3 aromatic rings. The van der Waals surface area contributed by atoms with Gasteiger partial charge in [-0.2, -0.15) is 11.8 Å². The summed E-state index contributed by atoms with van der Waals surface area (Å²) in [7, 11) is 0. The first-order valence-electron chi connectivity index (χ1n) is 26.6. The second kappa shape index (κ2) is 33.4. The number of rotatable bonds is 34. The van der Waals surface area contributed by atoms with Gasteiger partial charge in [0, 0.05) is 44.1 Å². The minimum absolute atomic E-state index is 0.000487. The lowest BCUT2D eigenvalue weighted by atomic mass is 10.00. The Morgan fingerprint density at radius 3 is 1.77 bits per heavy atom. The predicted octanol–water partition coefficient (Wildman–Crippen LogP) is -2.39. The number of phenolic OH excluding ortho intramolecular Hbond substituents is 1. The number of aromatic hydroxyl groups is 1. The van der Waals surface area contributed by atoms with Gasteiger partial charge in [0.25, 0.3) is 0 Å². The SMILES string of the molecule is CSCC[C@H](NC(=O)[C@H](Cc1ccc(O)cc1)NC(=O)[C@@H]1CCCN1)C(=O)N[C@@H](CCCN=C(N)N)C(=O)N[C@@H](CCC(N)=O)C(=O)N[C@@H](Cc1ccccc1)C(=O)N[C@H](C(=O)N[C@@H](C)C(=O)N[C@@H](Cc1cnc[nH]1)C(=O)O)C(C)C. The third-order valence-corrected chi connectivity index (χ3v) is 13.7. The molecular weight excluding hydrogens is 1070 g/mol. The van der Waals surface area contributed by atoms with E-state index < -0.39 is 126 Å². The van der Waals surface area contributed by atoms with Crippen molar-refractivity contribution < 1.29 is 58.2 Å². The molecule has 0 spiro atoms. The number of nitrogens with one attached hydrogen (secondary N) is 10. The van der Waals surface area contributed by atoms with Gasteiger partial charge in [-0.15, -0.1) is 0 Å². The van der Waals surface area contributed by atoms with Gasteiger partial charge in [-0.25, -0.2) is 9.78 Å². The van der Waals surface area contributed by atoms with E-state index in [0.717, 1.165) is 6.42 Å². The van der Waals surface area contributed by atoms with Crippen LogP contribution in [0.3, 0.4) is 0 Å². The molecule has 442 valence electrons. The van der Waals surface area contributed by atoms with Crippen molar-refractivity contribution in [2.75, 3.05) is 25.1 Å². The summed E-state index contributed by atoms with van der Waals surface area (Å²) in [5, 5.41) is 43.8. The molecular formula is C53H77N15O12S. The van der Waals surface area contributed by atoms with E-state index in [2.05, 4.69) is 62.8 Å². The Balaban J connectivity index is 1.57. The largest absolute Gasteiger partial charge is 0.508 e. The van der Waals surface area contributed by atoms with Crippen LogP contribution in [0.25, 0.3) is 0 Å². The zero-order valence-corrected chi connectivity index (χ0v) is 46.6. The molecule has 1 aromatic heterocycles. The van der Waals surface area contributed by atoms with Gasteiger partial charge in [-0.1, -0.05) is 56.3 Å². The Morgan fingerprint density at radius 2 is 1.22 bits per heavy atom. The maximum absolute atomic E-state index is 14.5. The number of carbonyl (C=O) groups is 10. The van der Waals surface area contributed by atoms with E-state index in [1.807, 2.05) is 0 Å². The molecule has 18 N–H and O–H groups in total. The topological polar surface area (TPSA) is 439 Å². The average molecular weight is 1150 g/mol. The summed E-state index contributed by atoms with van der Waals surface area (Å²) in [5.41, 5.74) is 18.2. The van der Waals surface area contributed by atoms with E-state index in [-0.39, 0.29) is 63.2 Å². The molecule has 27 nitrogen and oxygen atoms in total. The summed E-state index contributed by atoms with van der Waals surface area (Å²) in [6, 6.07) is 3.24. The molecule has 1 fully saturated rings. The van der Waals surface area contributed by atoms with Crippen LogP contribution in [-0.2, 0) is 67.2 Å². The van der Waals surface area contributed by atoms with Crippen molar-refractivity contribution in [2.24, 2.45) is 28.1 Å². The lowest BCUT2D eigenvalue weighted by molar-refractivity contribution is -0.142. The van der Waals surface area contributed by atoms with E-state index in [1.54, 1.807) is 62.6 Å². The van der Waals surface area contributed by atoms with Crippen LogP contribution < -0.4 is 65.1 Å². The molecule has 9 amide bonds. The van der Waals surface area contributed by atoms with Crippen molar-refractivity contribution in [3.8, 4) is 5.75 Å². The number of amides is 9. The normalized spacial score (nSPS) is 15.8. The van der Waals surface area contributed by atoms with Crippen LogP contribution in [0.5, 0.6) is 5.75 Å². The molecule has 9 atom stereocenters. The molecule has 1 saturated heterocycles. The van der Waals surface area contributed by atoms with Gasteiger partial charge in [0.05, 0.1) is 12.4 Å². The lowest BCUT2D eigenvalue weighted by Gasteiger charge is -2.29. The van der Waals surface area contributed by atoms with E-state index in [9.17, 15) is 58.2 Å². The first-order valence-corrected chi connectivity index (χ1v) is 27.9. The minimum Gasteiger partial charge on any atom is -0.508 e. The summed E-state index contributed by atoms with van der Waals surface area (Å²) in [5.74, 6) is -8.91. The number of guanidine groups is 1. The molecule has 2 aromatic carbocycles. The number of H-pyrrole nitrogens is 1. The number of primary amides is 1. The van der Waals surface area contributed by atoms with Crippen molar-refractivity contribution in [1.82, 2.24) is 57.8 Å². The Bertz CT molecular complexity index is 2620. The van der Waals surface area contributed by atoms with Gasteiger partial charge in [0.15, 0.2) is 5.96 Å². The molecule has 1 aliphatic heterocycles. The van der Waals surface area contributed by atoms with Crippen molar-refractivity contribution in [1.29, 1.82) is 0 Å². The molecule has 2 heterocycles. The van der Waals surface area contributed by atoms with Gasteiger partial charge in [0.1, 0.15) is 54.1 Å². The first-order chi connectivity index (χ1) is 38.5. The number of hydrogen-bond acceptors (Lipinski definition) is 15. The van der Waals surface area contributed by atoms with Crippen molar-refractivity contribution in [2.45, 2.75) is 139 Å². The number of phenols is 1. The van der Waals surface area contributed by atoms with E-state index in [1.165, 1.54) is 43.3 Å². The number of aromatic amines is 1. The molecule has 28 heteroatoms. The van der Waals surface area contributed by atoms with Crippen LogP contribution in [0.4, 0.5) is 0 Å². The zero-order chi connectivity index (χ0) is 59.6. The Kier molecular flexibility index (Phi) is 26.9. The Labute approximate surface area is 473 Å². The quantitative estimate of drug-likeness (QED) is 0.0168. The van der Waals surface area contributed by atoms with Gasteiger partial charge >= 0.3 is 5.97 Å². The molecule has 4 rings (SSSR count).